The predicted octanol–water partition coefficient (Wildman–Crippen LogP) is -0.808. The number of carbonyl (C=O) groups is 2. The van der Waals surface area contributed by atoms with E-state index >= 15 is 0 Å². The maximum Gasteiger partial charge on any atom is 0.327 e. The van der Waals surface area contributed by atoms with Crippen molar-refractivity contribution in [2.45, 2.75) is 38.6 Å². The molecule has 0 fully saturated rings. The number of carboxylic acids is 1. The summed E-state index contributed by atoms with van der Waals surface area (Å²) in [5.74, 6) is -2.86. The van der Waals surface area contributed by atoms with E-state index in [1.54, 1.807) is 0 Å². The molecule has 10 heteroatoms. The first kappa shape index (κ1) is 17.1. The molecule has 1 aromatic rings. The smallest absolute Gasteiger partial charge is 0.327 e. The van der Waals surface area contributed by atoms with E-state index < -0.39 is 39.3 Å². The van der Waals surface area contributed by atoms with Crippen LogP contribution in [0.3, 0.4) is 0 Å². The van der Waals surface area contributed by atoms with Crippen LogP contribution in [0, 0.1) is 0 Å². The highest BCUT2D eigenvalue weighted by Crippen LogP contribution is 2.06. The van der Waals surface area contributed by atoms with Gasteiger partial charge in [-0.2, -0.15) is 5.10 Å². The molecular formula is C11H18N4O5S. The van der Waals surface area contributed by atoms with E-state index in [1.165, 1.54) is 11.0 Å². The van der Waals surface area contributed by atoms with E-state index in [0.717, 1.165) is 13.3 Å². The summed E-state index contributed by atoms with van der Waals surface area (Å²) in [6.45, 7) is 3.57. The number of nitrogens with one attached hydrogen (secondary N) is 1. The number of sulfone groups is 1. The SMILES string of the molecule is CCCn1ncnc1CS(=O)(=O)CC(NC(C)=O)C(=O)O. The number of amides is 1. The van der Waals surface area contributed by atoms with Gasteiger partial charge < -0.3 is 10.4 Å². The zero-order chi connectivity index (χ0) is 16.0. The third kappa shape index (κ3) is 5.50. The number of aliphatic carboxylic acids is 1. The van der Waals surface area contributed by atoms with Crippen LogP contribution in [0.5, 0.6) is 0 Å². The molecule has 2 N–H and O–H groups in total. The van der Waals surface area contributed by atoms with Gasteiger partial charge in [-0.05, 0) is 6.42 Å². The summed E-state index contributed by atoms with van der Waals surface area (Å²) in [4.78, 5) is 25.7. The number of aryl methyl sites for hydroxylation is 1. The molecule has 0 spiro atoms. The number of carbonyl (C=O) groups excluding carboxylic acids is 1. The summed E-state index contributed by atoms with van der Waals surface area (Å²) in [5, 5.41) is 14.9. The van der Waals surface area contributed by atoms with Crippen LogP contribution in [-0.2, 0) is 31.7 Å². The van der Waals surface area contributed by atoms with Gasteiger partial charge in [0.25, 0.3) is 0 Å². The zero-order valence-electron chi connectivity index (χ0n) is 11.8. The van der Waals surface area contributed by atoms with Crippen molar-refractivity contribution in [1.82, 2.24) is 20.1 Å². The van der Waals surface area contributed by atoms with E-state index in [1.807, 2.05) is 6.92 Å². The molecule has 1 atom stereocenters. The summed E-state index contributed by atoms with van der Waals surface area (Å²) in [6.07, 6.45) is 2.02. The Morgan fingerprint density at radius 2 is 2.14 bits per heavy atom. The third-order valence-corrected chi connectivity index (χ3v) is 4.12. The molecule has 1 aromatic heterocycles. The topological polar surface area (TPSA) is 131 Å². The number of hydrogen-bond acceptors (Lipinski definition) is 6. The van der Waals surface area contributed by atoms with Crippen molar-refractivity contribution in [1.29, 1.82) is 0 Å². The van der Waals surface area contributed by atoms with Gasteiger partial charge in [0.2, 0.25) is 5.91 Å². The summed E-state index contributed by atoms with van der Waals surface area (Å²) >= 11 is 0. The Labute approximate surface area is 122 Å². The predicted molar refractivity (Wildman–Crippen MR) is 73.0 cm³/mol. The standard InChI is InChI=1S/C11H18N4O5S/c1-3-4-15-10(12-7-13-15)6-21(19,20)5-9(11(17)18)14-8(2)16/h7,9H,3-6H2,1-2H3,(H,14,16)(H,17,18). The van der Waals surface area contributed by atoms with E-state index in [0.29, 0.717) is 6.54 Å². The lowest BCUT2D eigenvalue weighted by Crippen LogP contribution is -2.44. The summed E-state index contributed by atoms with van der Waals surface area (Å²) in [7, 11) is -3.75. The molecule has 0 aliphatic heterocycles. The van der Waals surface area contributed by atoms with Gasteiger partial charge in [-0.25, -0.2) is 22.9 Å². The molecule has 1 heterocycles. The van der Waals surface area contributed by atoms with E-state index in [2.05, 4.69) is 15.4 Å². The number of aromatic nitrogens is 3. The van der Waals surface area contributed by atoms with Crippen LogP contribution < -0.4 is 5.32 Å². The van der Waals surface area contributed by atoms with Crippen LogP contribution in [0.4, 0.5) is 0 Å². The molecule has 0 bridgehead atoms. The minimum absolute atomic E-state index is 0.254. The van der Waals surface area contributed by atoms with Gasteiger partial charge in [-0.15, -0.1) is 0 Å². The van der Waals surface area contributed by atoms with Crippen LogP contribution in [0.2, 0.25) is 0 Å². The van der Waals surface area contributed by atoms with Crippen LogP contribution in [0.1, 0.15) is 26.1 Å². The third-order valence-electron chi connectivity index (χ3n) is 2.58. The minimum Gasteiger partial charge on any atom is -0.480 e. The Morgan fingerprint density at radius 3 is 2.67 bits per heavy atom. The molecule has 118 valence electrons. The van der Waals surface area contributed by atoms with Gasteiger partial charge in [0.1, 0.15) is 23.9 Å². The molecule has 0 saturated carbocycles. The van der Waals surface area contributed by atoms with Crippen molar-refractivity contribution in [3.8, 4) is 0 Å². The Hall–Kier alpha value is -1.97. The first-order valence-corrected chi connectivity index (χ1v) is 8.14. The molecule has 0 aliphatic carbocycles. The number of carboxylic acid groups (broad SMARTS) is 1. The molecule has 0 aliphatic rings. The average molecular weight is 318 g/mol. The fourth-order valence-corrected chi connectivity index (χ4v) is 3.20. The lowest BCUT2D eigenvalue weighted by molar-refractivity contribution is -0.140. The van der Waals surface area contributed by atoms with Crippen molar-refractivity contribution in [3.63, 3.8) is 0 Å². The highest BCUT2D eigenvalue weighted by atomic mass is 32.2. The van der Waals surface area contributed by atoms with Crippen molar-refractivity contribution in [2.24, 2.45) is 0 Å². The maximum atomic E-state index is 12.1. The molecule has 0 radical (unpaired) electrons. The number of hydrogen-bond donors (Lipinski definition) is 2. The highest BCUT2D eigenvalue weighted by molar-refractivity contribution is 7.90. The largest absolute Gasteiger partial charge is 0.480 e. The van der Waals surface area contributed by atoms with Crippen molar-refractivity contribution in [2.75, 3.05) is 5.75 Å². The van der Waals surface area contributed by atoms with Gasteiger partial charge >= 0.3 is 5.97 Å². The van der Waals surface area contributed by atoms with E-state index in [9.17, 15) is 18.0 Å². The minimum atomic E-state index is -3.75. The van der Waals surface area contributed by atoms with Gasteiger partial charge in [-0.3, -0.25) is 4.79 Å². The van der Waals surface area contributed by atoms with Gasteiger partial charge in [0.15, 0.2) is 9.84 Å². The Morgan fingerprint density at radius 1 is 1.48 bits per heavy atom. The first-order valence-electron chi connectivity index (χ1n) is 6.32. The number of nitrogens with zero attached hydrogens (tertiary/aromatic N) is 3. The molecular weight excluding hydrogens is 300 g/mol. The second-order valence-electron chi connectivity index (χ2n) is 4.55. The van der Waals surface area contributed by atoms with Crippen molar-refractivity contribution < 1.29 is 23.1 Å². The van der Waals surface area contributed by atoms with Crippen molar-refractivity contribution in [3.05, 3.63) is 12.2 Å². The van der Waals surface area contributed by atoms with Gasteiger partial charge in [-0.1, -0.05) is 6.92 Å². The lowest BCUT2D eigenvalue weighted by Gasteiger charge is -2.13. The van der Waals surface area contributed by atoms with Crippen LogP contribution >= 0.6 is 0 Å². The molecule has 0 aromatic carbocycles. The molecule has 9 nitrogen and oxygen atoms in total. The molecule has 1 unspecified atom stereocenters. The fourth-order valence-electron chi connectivity index (χ4n) is 1.73. The zero-order valence-corrected chi connectivity index (χ0v) is 12.6. The fraction of sp³-hybridized carbons (Fsp3) is 0.636. The van der Waals surface area contributed by atoms with Gasteiger partial charge in [0, 0.05) is 13.5 Å². The average Bonchev–Trinajstić information content (AvgIpc) is 2.74. The van der Waals surface area contributed by atoms with E-state index in [4.69, 9.17) is 5.11 Å². The summed E-state index contributed by atoms with van der Waals surface area (Å²) < 4.78 is 25.6. The van der Waals surface area contributed by atoms with Crippen LogP contribution in [-0.4, -0.2) is 52.0 Å². The Balaban J connectivity index is 2.82. The summed E-state index contributed by atoms with van der Waals surface area (Å²) in [5.41, 5.74) is 0. The quantitative estimate of drug-likeness (QED) is 0.641. The first-order chi connectivity index (χ1) is 9.75. The second-order valence-corrected chi connectivity index (χ2v) is 6.65. The molecule has 21 heavy (non-hydrogen) atoms. The Kier molecular flexibility index (Phi) is 5.82. The van der Waals surface area contributed by atoms with Crippen LogP contribution in [0.15, 0.2) is 6.33 Å². The van der Waals surface area contributed by atoms with Crippen molar-refractivity contribution >= 4 is 21.7 Å². The molecule has 0 saturated heterocycles. The number of rotatable bonds is 8. The lowest BCUT2D eigenvalue weighted by atomic mass is 10.3. The second kappa shape index (κ2) is 7.16. The van der Waals surface area contributed by atoms with Gasteiger partial charge in [0.05, 0.1) is 5.75 Å². The van der Waals surface area contributed by atoms with Crippen LogP contribution in [0.25, 0.3) is 0 Å². The summed E-state index contributed by atoms with van der Waals surface area (Å²) in [6, 6.07) is -1.48. The van der Waals surface area contributed by atoms with E-state index in [-0.39, 0.29) is 5.82 Å². The maximum absolute atomic E-state index is 12.1. The normalized spacial score (nSPS) is 12.9. The highest BCUT2D eigenvalue weighted by Gasteiger charge is 2.27. The Bertz CT molecular complexity index is 610. The monoisotopic (exact) mass is 318 g/mol. The molecule has 1 rings (SSSR count). The molecule has 1 amide bonds.